The van der Waals surface area contributed by atoms with Crippen LogP contribution in [0, 0.1) is 0 Å². The summed E-state index contributed by atoms with van der Waals surface area (Å²) in [5.41, 5.74) is 5.66. The predicted octanol–water partition coefficient (Wildman–Crippen LogP) is 2.29. The summed E-state index contributed by atoms with van der Waals surface area (Å²) in [7, 11) is 0. The van der Waals surface area contributed by atoms with E-state index in [1.54, 1.807) is 24.2 Å². The van der Waals surface area contributed by atoms with Crippen LogP contribution in [0.5, 0.6) is 0 Å². The summed E-state index contributed by atoms with van der Waals surface area (Å²) in [6.45, 7) is 2.18. The van der Waals surface area contributed by atoms with Crippen molar-refractivity contribution in [2.45, 2.75) is 18.4 Å². The van der Waals surface area contributed by atoms with Crippen molar-refractivity contribution >= 4 is 29.3 Å². The topological polar surface area (TPSA) is 51.8 Å². The molecule has 78 valence electrons. The maximum atomic E-state index is 5.66. The second-order valence-corrected chi connectivity index (χ2v) is 5.12. The summed E-state index contributed by atoms with van der Waals surface area (Å²) < 4.78 is 0. The summed E-state index contributed by atoms with van der Waals surface area (Å²) in [5, 5.41) is 0.856. The molecule has 0 atom stereocenters. The molecule has 0 fully saturated rings. The van der Waals surface area contributed by atoms with E-state index >= 15 is 0 Å². The van der Waals surface area contributed by atoms with Crippen molar-refractivity contribution < 1.29 is 0 Å². The molecule has 0 bridgehead atoms. The van der Waals surface area contributed by atoms with Gasteiger partial charge in [0.15, 0.2) is 5.82 Å². The fraction of sp³-hybridized carbons (Fsp3) is 0.556. The standard InChI is InChI=1S/C9H15N3S2/c1-2-13-6-3-7-14-9-8(10)11-4-5-12-9/h4-5H,2-3,6-7H2,1H3,(H2,10,11). The van der Waals surface area contributed by atoms with Gasteiger partial charge in [0.25, 0.3) is 0 Å². The molecule has 0 unspecified atom stereocenters. The van der Waals surface area contributed by atoms with E-state index in [1.807, 2.05) is 11.8 Å². The minimum Gasteiger partial charge on any atom is -0.381 e. The molecule has 0 saturated heterocycles. The van der Waals surface area contributed by atoms with Crippen LogP contribution < -0.4 is 5.73 Å². The molecular weight excluding hydrogens is 214 g/mol. The zero-order valence-corrected chi connectivity index (χ0v) is 9.90. The molecule has 0 aliphatic carbocycles. The molecule has 0 aliphatic rings. The molecular formula is C9H15N3S2. The third kappa shape index (κ3) is 4.19. The number of aromatic nitrogens is 2. The molecule has 1 rings (SSSR count). The molecule has 1 aromatic heterocycles. The van der Waals surface area contributed by atoms with Crippen molar-refractivity contribution in [3.8, 4) is 0 Å². The molecule has 0 amide bonds. The van der Waals surface area contributed by atoms with Gasteiger partial charge in [0, 0.05) is 18.1 Å². The van der Waals surface area contributed by atoms with Crippen LogP contribution in [0.3, 0.4) is 0 Å². The average Bonchev–Trinajstić information content (AvgIpc) is 2.20. The molecule has 0 spiro atoms. The van der Waals surface area contributed by atoms with Crippen molar-refractivity contribution in [3.63, 3.8) is 0 Å². The van der Waals surface area contributed by atoms with Crippen molar-refractivity contribution in [3.05, 3.63) is 12.4 Å². The van der Waals surface area contributed by atoms with E-state index < -0.39 is 0 Å². The molecule has 14 heavy (non-hydrogen) atoms. The number of rotatable bonds is 6. The fourth-order valence-electron chi connectivity index (χ4n) is 0.921. The second kappa shape index (κ2) is 6.95. The maximum Gasteiger partial charge on any atom is 0.156 e. The molecule has 1 heterocycles. The average molecular weight is 229 g/mol. The quantitative estimate of drug-likeness (QED) is 0.599. The van der Waals surface area contributed by atoms with Gasteiger partial charge in [-0.25, -0.2) is 9.97 Å². The number of hydrogen-bond acceptors (Lipinski definition) is 5. The summed E-state index contributed by atoms with van der Waals surface area (Å²) in [4.78, 5) is 8.15. The minimum atomic E-state index is 0.542. The van der Waals surface area contributed by atoms with Crippen molar-refractivity contribution in [2.75, 3.05) is 23.0 Å². The lowest BCUT2D eigenvalue weighted by Crippen LogP contribution is -1.95. The SMILES string of the molecule is CCSCCCSc1nccnc1N. The lowest BCUT2D eigenvalue weighted by Gasteiger charge is -2.02. The Balaban J connectivity index is 2.21. The van der Waals surface area contributed by atoms with Crippen LogP contribution in [-0.4, -0.2) is 27.2 Å². The van der Waals surface area contributed by atoms with Gasteiger partial charge in [-0.3, -0.25) is 0 Å². The van der Waals surface area contributed by atoms with E-state index in [4.69, 9.17) is 5.73 Å². The molecule has 1 aromatic rings. The molecule has 0 radical (unpaired) electrons. The predicted molar refractivity (Wildman–Crippen MR) is 64.8 cm³/mol. The summed E-state index contributed by atoms with van der Waals surface area (Å²) in [6.07, 6.45) is 4.49. The fourth-order valence-corrected chi connectivity index (χ4v) is 2.56. The van der Waals surface area contributed by atoms with Crippen molar-refractivity contribution in [1.29, 1.82) is 0 Å². The van der Waals surface area contributed by atoms with E-state index in [0.29, 0.717) is 5.82 Å². The van der Waals surface area contributed by atoms with Gasteiger partial charge in [-0.2, -0.15) is 11.8 Å². The van der Waals surface area contributed by atoms with Crippen molar-refractivity contribution in [2.24, 2.45) is 0 Å². The Hall–Kier alpha value is -0.420. The number of nitrogens with two attached hydrogens (primary N) is 1. The Morgan fingerprint density at radius 1 is 1.29 bits per heavy atom. The van der Waals surface area contributed by atoms with Crippen LogP contribution in [0.4, 0.5) is 5.82 Å². The van der Waals surface area contributed by atoms with Crippen LogP contribution in [-0.2, 0) is 0 Å². The van der Waals surface area contributed by atoms with Crippen LogP contribution in [0.2, 0.25) is 0 Å². The number of nitrogen functional groups attached to an aromatic ring is 1. The third-order valence-electron chi connectivity index (χ3n) is 1.57. The molecule has 2 N–H and O–H groups in total. The summed E-state index contributed by atoms with van der Waals surface area (Å²) >= 11 is 3.65. The van der Waals surface area contributed by atoms with Crippen molar-refractivity contribution in [1.82, 2.24) is 9.97 Å². The monoisotopic (exact) mass is 229 g/mol. The highest BCUT2D eigenvalue weighted by molar-refractivity contribution is 8.00. The van der Waals surface area contributed by atoms with Crippen LogP contribution in [0.25, 0.3) is 0 Å². The highest BCUT2D eigenvalue weighted by atomic mass is 32.2. The number of hydrogen-bond donors (Lipinski definition) is 1. The van der Waals surface area contributed by atoms with Crippen LogP contribution in [0.1, 0.15) is 13.3 Å². The number of anilines is 1. The van der Waals surface area contributed by atoms with Gasteiger partial charge in [-0.15, -0.1) is 11.8 Å². The van der Waals surface area contributed by atoms with E-state index in [1.165, 1.54) is 17.9 Å². The largest absolute Gasteiger partial charge is 0.381 e. The highest BCUT2D eigenvalue weighted by Crippen LogP contribution is 2.20. The molecule has 0 saturated carbocycles. The van der Waals surface area contributed by atoms with E-state index in [-0.39, 0.29) is 0 Å². The molecule has 0 aromatic carbocycles. The third-order valence-corrected chi connectivity index (χ3v) is 3.63. The number of nitrogens with zero attached hydrogens (tertiary/aromatic N) is 2. The van der Waals surface area contributed by atoms with Gasteiger partial charge < -0.3 is 5.73 Å². The lowest BCUT2D eigenvalue weighted by atomic mass is 10.6. The Kier molecular flexibility index (Phi) is 5.78. The first kappa shape index (κ1) is 11.7. The van der Waals surface area contributed by atoms with Gasteiger partial charge in [0.05, 0.1) is 0 Å². The van der Waals surface area contributed by atoms with E-state index in [0.717, 1.165) is 10.8 Å². The first-order valence-electron chi connectivity index (χ1n) is 4.61. The van der Waals surface area contributed by atoms with Crippen LogP contribution >= 0.6 is 23.5 Å². The zero-order valence-electron chi connectivity index (χ0n) is 8.27. The van der Waals surface area contributed by atoms with Gasteiger partial charge >= 0.3 is 0 Å². The van der Waals surface area contributed by atoms with E-state index in [2.05, 4.69) is 16.9 Å². The zero-order chi connectivity index (χ0) is 10.2. The normalized spacial score (nSPS) is 10.4. The maximum absolute atomic E-state index is 5.66. The highest BCUT2D eigenvalue weighted by Gasteiger charge is 2.00. The van der Waals surface area contributed by atoms with Gasteiger partial charge in [-0.05, 0) is 17.9 Å². The molecule has 5 heteroatoms. The molecule has 3 nitrogen and oxygen atoms in total. The second-order valence-electron chi connectivity index (χ2n) is 2.65. The Morgan fingerprint density at radius 3 is 2.79 bits per heavy atom. The van der Waals surface area contributed by atoms with E-state index in [9.17, 15) is 0 Å². The Morgan fingerprint density at radius 2 is 2.07 bits per heavy atom. The first-order valence-corrected chi connectivity index (χ1v) is 6.75. The van der Waals surface area contributed by atoms with Gasteiger partial charge in [-0.1, -0.05) is 6.92 Å². The van der Waals surface area contributed by atoms with Crippen LogP contribution in [0.15, 0.2) is 17.4 Å². The number of thioether (sulfide) groups is 2. The summed E-state index contributed by atoms with van der Waals surface area (Å²) in [5.74, 6) is 4.01. The lowest BCUT2D eigenvalue weighted by molar-refractivity contribution is 1.06. The smallest absolute Gasteiger partial charge is 0.156 e. The van der Waals surface area contributed by atoms with Gasteiger partial charge in [0.1, 0.15) is 5.03 Å². The Labute approximate surface area is 93.3 Å². The Bertz CT molecular complexity index is 268. The molecule has 0 aliphatic heterocycles. The van der Waals surface area contributed by atoms with Gasteiger partial charge in [0.2, 0.25) is 0 Å². The first-order chi connectivity index (χ1) is 6.84. The summed E-state index contributed by atoms with van der Waals surface area (Å²) in [6, 6.07) is 0. The minimum absolute atomic E-state index is 0.542.